The summed E-state index contributed by atoms with van der Waals surface area (Å²) in [7, 11) is 1.44. The van der Waals surface area contributed by atoms with Crippen LogP contribution in [-0.2, 0) is 15.8 Å². The number of hydrogen-bond acceptors (Lipinski definition) is 4. The summed E-state index contributed by atoms with van der Waals surface area (Å²) in [5.41, 5.74) is 2.26. The van der Waals surface area contributed by atoms with Crippen molar-refractivity contribution in [3.63, 3.8) is 0 Å². The molecule has 4 nitrogen and oxygen atoms in total. The van der Waals surface area contributed by atoms with Gasteiger partial charge in [0.25, 0.3) is 0 Å². The molecular weight excluding hydrogens is 344 g/mol. The van der Waals surface area contributed by atoms with E-state index in [0.29, 0.717) is 12.4 Å². The number of benzene rings is 2. The van der Waals surface area contributed by atoms with Crippen molar-refractivity contribution in [2.45, 2.75) is 52.4 Å². The van der Waals surface area contributed by atoms with Crippen molar-refractivity contribution in [3.05, 3.63) is 35.4 Å². The first-order valence-electron chi connectivity index (χ1n) is 8.97. The van der Waals surface area contributed by atoms with Gasteiger partial charge in [0.1, 0.15) is 0 Å². The molecule has 0 spiro atoms. The number of hydrogen-bond donors (Lipinski definition) is 0. The molecule has 26 heavy (non-hydrogen) atoms. The maximum Gasteiger partial charge on any atom is 0.192 e. The van der Waals surface area contributed by atoms with Crippen LogP contribution in [0, 0.1) is 6.92 Å². The van der Waals surface area contributed by atoms with Crippen LogP contribution in [0.2, 0.25) is 18.1 Å². The summed E-state index contributed by atoms with van der Waals surface area (Å²) in [5.74, 6) is 1.43. The highest BCUT2D eigenvalue weighted by Crippen LogP contribution is 2.42. The molecule has 0 saturated heterocycles. The molecule has 0 aromatic heterocycles. The molecular formula is C21H32O4Si. The topological polar surface area (TPSA) is 36.9 Å². The Bertz CT molecular complexity index is 763. The molecule has 0 aliphatic heterocycles. The van der Waals surface area contributed by atoms with Crippen LogP contribution in [0.1, 0.15) is 31.9 Å². The molecule has 2 rings (SSSR count). The fraction of sp³-hybridized carbons (Fsp3) is 0.524. The zero-order valence-corrected chi connectivity index (χ0v) is 18.4. The van der Waals surface area contributed by atoms with Crippen LogP contribution in [0.5, 0.6) is 11.5 Å². The Kier molecular flexibility index (Phi) is 6.37. The second-order valence-corrected chi connectivity index (χ2v) is 13.0. The van der Waals surface area contributed by atoms with Gasteiger partial charge in [-0.15, -0.1) is 0 Å². The highest BCUT2D eigenvalue weighted by Gasteiger charge is 2.37. The Morgan fingerprint density at radius 1 is 1.08 bits per heavy atom. The van der Waals surface area contributed by atoms with E-state index in [1.54, 1.807) is 14.2 Å². The van der Waals surface area contributed by atoms with Crippen molar-refractivity contribution in [1.29, 1.82) is 0 Å². The number of methoxy groups -OCH3 is 2. The highest BCUT2D eigenvalue weighted by atomic mass is 28.4. The van der Waals surface area contributed by atoms with E-state index in [2.05, 4.69) is 59.0 Å². The number of ether oxygens (including phenoxy) is 3. The van der Waals surface area contributed by atoms with E-state index in [4.69, 9.17) is 18.6 Å². The molecule has 0 saturated carbocycles. The standard InChI is InChI=1S/C21H32O4Si/c1-15-10-9-11-17-16(13-25-26(7,8)21(2,3)4)12-18(23-6)20(19(15)17)24-14-22-5/h9-12H,13-14H2,1-8H3. The van der Waals surface area contributed by atoms with E-state index in [0.717, 1.165) is 27.6 Å². The zero-order chi connectivity index (χ0) is 19.5. The first kappa shape index (κ1) is 20.7. The van der Waals surface area contributed by atoms with Crippen molar-refractivity contribution >= 4 is 19.1 Å². The third kappa shape index (κ3) is 4.22. The SMILES string of the molecule is COCOc1c(OC)cc(CO[Si](C)(C)C(C)(C)C)c2cccc(C)c12. The lowest BCUT2D eigenvalue weighted by Crippen LogP contribution is -2.40. The quantitative estimate of drug-likeness (QED) is 0.461. The van der Waals surface area contributed by atoms with Gasteiger partial charge in [0.15, 0.2) is 26.6 Å². The molecule has 2 aromatic carbocycles. The first-order chi connectivity index (χ1) is 12.1. The largest absolute Gasteiger partial charge is 0.493 e. The molecule has 0 aliphatic rings. The number of rotatable bonds is 7. The van der Waals surface area contributed by atoms with Gasteiger partial charge in [-0.05, 0) is 47.6 Å². The Morgan fingerprint density at radius 3 is 2.35 bits per heavy atom. The van der Waals surface area contributed by atoms with Gasteiger partial charge in [0, 0.05) is 12.5 Å². The molecule has 0 aliphatic carbocycles. The highest BCUT2D eigenvalue weighted by molar-refractivity contribution is 6.74. The minimum absolute atomic E-state index is 0.171. The maximum atomic E-state index is 6.47. The molecule has 0 amide bonds. The summed E-state index contributed by atoms with van der Waals surface area (Å²) < 4.78 is 23.0. The van der Waals surface area contributed by atoms with Crippen molar-refractivity contribution in [3.8, 4) is 11.5 Å². The van der Waals surface area contributed by atoms with Gasteiger partial charge in [-0.2, -0.15) is 0 Å². The molecule has 5 heteroatoms. The van der Waals surface area contributed by atoms with Gasteiger partial charge in [0.2, 0.25) is 0 Å². The average molecular weight is 377 g/mol. The molecule has 0 atom stereocenters. The van der Waals surface area contributed by atoms with Crippen molar-refractivity contribution in [1.82, 2.24) is 0 Å². The first-order valence-corrected chi connectivity index (χ1v) is 11.9. The summed E-state index contributed by atoms with van der Waals surface area (Å²) in [6.45, 7) is 14.1. The Balaban J connectivity index is 2.53. The number of fused-ring (bicyclic) bond motifs is 1. The summed E-state index contributed by atoms with van der Waals surface area (Å²) in [4.78, 5) is 0. The lowest BCUT2D eigenvalue weighted by Gasteiger charge is -2.36. The summed E-state index contributed by atoms with van der Waals surface area (Å²) in [6, 6.07) is 8.30. The van der Waals surface area contributed by atoms with Crippen LogP contribution in [0.25, 0.3) is 10.8 Å². The van der Waals surface area contributed by atoms with Crippen LogP contribution in [0.15, 0.2) is 24.3 Å². The molecule has 0 unspecified atom stereocenters. The van der Waals surface area contributed by atoms with E-state index in [1.807, 2.05) is 6.07 Å². The average Bonchev–Trinajstić information content (AvgIpc) is 2.57. The van der Waals surface area contributed by atoms with Gasteiger partial charge in [-0.1, -0.05) is 39.0 Å². The molecule has 0 fully saturated rings. The van der Waals surface area contributed by atoms with Crippen molar-refractivity contribution in [2.24, 2.45) is 0 Å². The van der Waals surface area contributed by atoms with Crippen LogP contribution < -0.4 is 9.47 Å². The van der Waals surface area contributed by atoms with Gasteiger partial charge in [0.05, 0.1) is 13.7 Å². The Morgan fingerprint density at radius 2 is 1.77 bits per heavy atom. The van der Waals surface area contributed by atoms with E-state index in [-0.39, 0.29) is 11.8 Å². The normalized spacial score (nSPS) is 12.5. The third-order valence-electron chi connectivity index (χ3n) is 5.31. The minimum Gasteiger partial charge on any atom is -0.493 e. The van der Waals surface area contributed by atoms with Crippen molar-refractivity contribution in [2.75, 3.05) is 21.0 Å². The zero-order valence-electron chi connectivity index (χ0n) is 17.4. The molecule has 0 radical (unpaired) electrons. The number of aryl methyl sites for hydroxylation is 1. The van der Waals surface area contributed by atoms with Gasteiger partial charge in [-0.3, -0.25) is 0 Å². The summed E-state index contributed by atoms with van der Waals surface area (Å²) in [5, 5.41) is 2.36. The lowest BCUT2D eigenvalue weighted by molar-refractivity contribution is 0.0503. The lowest BCUT2D eigenvalue weighted by atomic mass is 9.99. The van der Waals surface area contributed by atoms with Crippen molar-refractivity contribution < 1.29 is 18.6 Å². The van der Waals surface area contributed by atoms with Gasteiger partial charge < -0.3 is 18.6 Å². The second kappa shape index (κ2) is 7.99. The van der Waals surface area contributed by atoms with Crippen LogP contribution in [-0.4, -0.2) is 29.3 Å². The fourth-order valence-electron chi connectivity index (χ4n) is 2.67. The minimum atomic E-state index is -1.84. The van der Waals surface area contributed by atoms with Gasteiger partial charge in [-0.25, -0.2) is 0 Å². The monoisotopic (exact) mass is 376 g/mol. The third-order valence-corrected chi connectivity index (χ3v) is 9.79. The van der Waals surface area contributed by atoms with Crippen LogP contribution in [0.4, 0.5) is 0 Å². The fourth-order valence-corrected chi connectivity index (χ4v) is 3.62. The molecule has 144 valence electrons. The van der Waals surface area contributed by atoms with E-state index >= 15 is 0 Å². The molecule has 0 N–H and O–H groups in total. The molecule has 0 bridgehead atoms. The van der Waals surface area contributed by atoms with Crippen LogP contribution >= 0.6 is 0 Å². The molecule has 2 aromatic rings. The van der Waals surface area contributed by atoms with E-state index in [9.17, 15) is 0 Å². The predicted octanol–water partition coefficient (Wildman–Crippen LogP) is 5.66. The molecule has 0 heterocycles. The van der Waals surface area contributed by atoms with E-state index in [1.165, 1.54) is 0 Å². The summed E-state index contributed by atoms with van der Waals surface area (Å²) >= 11 is 0. The predicted molar refractivity (Wildman–Crippen MR) is 110 cm³/mol. The van der Waals surface area contributed by atoms with Gasteiger partial charge >= 0.3 is 0 Å². The van der Waals surface area contributed by atoms with Crippen LogP contribution in [0.3, 0.4) is 0 Å². The second-order valence-electron chi connectivity index (χ2n) is 8.16. The van der Waals surface area contributed by atoms with E-state index < -0.39 is 8.32 Å². The smallest absolute Gasteiger partial charge is 0.192 e. The summed E-state index contributed by atoms with van der Waals surface area (Å²) in [6.07, 6.45) is 0. The maximum absolute atomic E-state index is 6.47. The Labute approximate surface area is 158 Å². The Hall–Kier alpha value is -1.56.